The Hall–Kier alpha value is -2.82. The molecule has 0 heterocycles. The van der Waals surface area contributed by atoms with Crippen LogP contribution in [0.2, 0.25) is 0 Å². The van der Waals surface area contributed by atoms with E-state index >= 15 is 0 Å². The minimum Gasteiger partial charge on any atom is -0.507 e. The SMILES string of the molecule is COc1ccc(C(=O)C(COC(C)=O)c2ccccc2)c(O)c1. The number of benzene rings is 2. The van der Waals surface area contributed by atoms with Gasteiger partial charge in [-0.15, -0.1) is 0 Å². The molecule has 0 aliphatic rings. The molecule has 5 nitrogen and oxygen atoms in total. The van der Waals surface area contributed by atoms with Crippen molar-refractivity contribution in [1.82, 2.24) is 0 Å². The lowest BCUT2D eigenvalue weighted by Gasteiger charge is -2.17. The van der Waals surface area contributed by atoms with E-state index in [0.717, 1.165) is 0 Å². The number of carbonyl (C=O) groups is 2. The number of ketones is 1. The predicted octanol–water partition coefficient (Wildman–Crippen LogP) is 2.93. The summed E-state index contributed by atoms with van der Waals surface area (Å²) in [5.74, 6) is -1.18. The van der Waals surface area contributed by atoms with Crippen molar-refractivity contribution in [1.29, 1.82) is 0 Å². The molecule has 0 aromatic heterocycles. The van der Waals surface area contributed by atoms with Crippen molar-refractivity contribution in [2.45, 2.75) is 12.8 Å². The number of rotatable bonds is 6. The van der Waals surface area contributed by atoms with E-state index in [4.69, 9.17) is 9.47 Å². The molecule has 0 radical (unpaired) electrons. The highest BCUT2D eigenvalue weighted by Gasteiger charge is 2.25. The van der Waals surface area contributed by atoms with Crippen molar-refractivity contribution < 1.29 is 24.2 Å². The van der Waals surface area contributed by atoms with Gasteiger partial charge in [-0.3, -0.25) is 9.59 Å². The maximum Gasteiger partial charge on any atom is 0.302 e. The molecule has 0 aliphatic carbocycles. The number of hydrogen-bond acceptors (Lipinski definition) is 5. The number of ether oxygens (including phenoxy) is 2. The molecule has 2 aromatic carbocycles. The number of Topliss-reactive ketones (excluding diaryl/α,β-unsaturated/α-hetero) is 1. The first-order valence-corrected chi connectivity index (χ1v) is 7.12. The van der Waals surface area contributed by atoms with Gasteiger partial charge in [0.05, 0.1) is 18.6 Å². The summed E-state index contributed by atoms with van der Waals surface area (Å²) in [6.45, 7) is 1.21. The number of phenols is 1. The Morgan fingerprint density at radius 2 is 1.83 bits per heavy atom. The van der Waals surface area contributed by atoms with Crippen molar-refractivity contribution in [2.75, 3.05) is 13.7 Å². The van der Waals surface area contributed by atoms with Gasteiger partial charge >= 0.3 is 5.97 Å². The summed E-state index contributed by atoms with van der Waals surface area (Å²) in [7, 11) is 1.48. The average molecular weight is 314 g/mol. The molecule has 5 heteroatoms. The first-order chi connectivity index (χ1) is 11.0. The van der Waals surface area contributed by atoms with Gasteiger partial charge in [-0.2, -0.15) is 0 Å². The summed E-state index contributed by atoms with van der Waals surface area (Å²) in [5.41, 5.74) is 0.876. The van der Waals surface area contributed by atoms with Crippen LogP contribution in [0.3, 0.4) is 0 Å². The fraction of sp³-hybridized carbons (Fsp3) is 0.222. The average Bonchev–Trinajstić information content (AvgIpc) is 2.55. The second-order valence-corrected chi connectivity index (χ2v) is 5.01. The number of hydrogen-bond donors (Lipinski definition) is 1. The van der Waals surface area contributed by atoms with Crippen LogP contribution in [0.4, 0.5) is 0 Å². The van der Waals surface area contributed by atoms with E-state index in [0.29, 0.717) is 11.3 Å². The fourth-order valence-electron chi connectivity index (χ4n) is 2.24. The molecule has 0 spiro atoms. The smallest absolute Gasteiger partial charge is 0.302 e. The van der Waals surface area contributed by atoms with Gasteiger partial charge in [-0.05, 0) is 17.7 Å². The van der Waals surface area contributed by atoms with Crippen LogP contribution in [0.15, 0.2) is 48.5 Å². The molecular weight excluding hydrogens is 296 g/mol. The Morgan fingerprint density at radius 1 is 1.13 bits per heavy atom. The van der Waals surface area contributed by atoms with Gasteiger partial charge in [-0.1, -0.05) is 30.3 Å². The summed E-state index contributed by atoms with van der Waals surface area (Å²) in [6, 6.07) is 13.5. The van der Waals surface area contributed by atoms with Crippen LogP contribution in [-0.4, -0.2) is 30.6 Å². The van der Waals surface area contributed by atoms with E-state index in [-0.39, 0.29) is 23.7 Å². The van der Waals surface area contributed by atoms with E-state index in [9.17, 15) is 14.7 Å². The van der Waals surface area contributed by atoms with Crippen molar-refractivity contribution in [3.63, 3.8) is 0 Å². The molecule has 1 unspecified atom stereocenters. The minimum absolute atomic E-state index is 0.0797. The summed E-state index contributed by atoms with van der Waals surface area (Å²) in [4.78, 5) is 23.9. The van der Waals surface area contributed by atoms with E-state index in [1.807, 2.05) is 6.07 Å². The van der Waals surface area contributed by atoms with Gasteiger partial charge in [0, 0.05) is 13.0 Å². The molecule has 0 bridgehead atoms. The first-order valence-electron chi connectivity index (χ1n) is 7.12. The maximum absolute atomic E-state index is 12.8. The third kappa shape index (κ3) is 4.10. The Bertz CT molecular complexity index is 694. The third-order valence-electron chi connectivity index (χ3n) is 3.44. The van der Waals surface area contributed by atoms with Crippen molar-refractivity contribution in [3.05, 3.63) is 59.7 Å². The summed E-state index contributed by atoms with van der Waals surface area (Å²) in [5, 5.41) is 10.1. The topological polar surface area (TPSA) is 72.8 Å². The summed E-state index contributed by atoms with van der Waals surface area (Å²) in [6.07, 6.45) is 0. The minimum atomic E-state index is -0.681. The van der Waals surface area contributed by atoms with E-state index < -0.39 is 11.9 Å². The lowest BCUT2D eigenvalue weighted by molar-refractivity contribution is -0.141. The van der Waals surface area contributed by atoms with E-state index in [1.165, 1.54) is 26.2 Å². The zero-order valence-corrected chi connectivity index (χ0v) is 13.0. The van der Waals surface area contributed by atoms with E-state index in [1.54, 1.807) is 30.3 Å². The van der Waals surface area contributed by atoms with Gasteiger partial charge in [0.1, 0.15) is 18.1 Å². The molecule has 0 saturated carbocycles. The van der Waals surface area contributed by atoms with Crippen LogP contribution in [0.25, 0.3) is 0 Å². The van der Waals surface area contributed by atoms with Crippen LogP contribution in [0.1, 0.15) is 28.8 Å². The Labute approximate surface area is 134 Å². The van der Waals surface area contributed by atoms with Crippen molar-refractivity contribution >= 4 is 11.8 Å². The largest absolute Gasteiger partial charge is 0.507 e. The first kappa shape index (κ1) is 16.5. The molecule has 23 heavy (non-hydrogen) atoms. The van der Waals surface area contributed by atoms with Crippen LogP contribution >= 0.6 is 0 Å². The Balaban J connectivity index is 2.34. The molecule has 0 fully saturated rings. The molecule has 120 valence electrons. The number of methoxy groups -OCH3 is 1. The van der Waals surface area contributed by atoms with Gasteiger partial charge in [-0.25, -0.2) is 0 Å². The number of aromatic hydroxyl groups is 1. The molecule has 0 saturated heterocycles. The second kappa shape index (κ2) is 7.45. The highest BCUT2D eigenvalue weighted by Crippen LogP contribution is 2.29. The van der Waals surface area contributed by atoms with Gasteiger partial charge in [0.2, 0.25) is 0 Å². The highest BCUT2D eigenvalue weighted by molar-refractivity contribution is 6.03. The molecular formula is C18H18O5. The molecule has 2 rings (SSSR count). The standard InChI is InChI=1S/C18H18O5/c1-12(19)23-11-16(13-6-4-3-5-7-13)18(21)15-9-8-14(22-2)10-17(15)20/h3-10,16,20H,11H2,1-2H3. The zero-order valence-electron chi connectivity index (χ0n) is 13.0. The number of esters is 1. The normalized spacial score (nSPS) is 11.6. The monoisotopic (exact) mass is 314 g/mol. The van der Waals surface area contributed by atoms with Gasteiger partial charge in [0.15, 0.2) is 5.78 Å². The van der Waals surface area contributed by atoms with Crippen molar-refractivity contribution in [2.24, 2.45) is 0 Å². The third-order valence-corrected chi connectivity index (χ3v) is 3.44. The van der Waals surface area contributed by atoms with Crippen LogP contribution < -0.4 is 4.74 Å². The predicted molar refractivity (Wildman–Crippen MR) is 84.8 cm³/mol. The van der Waals surface area contributed by atoms with Gasteiger partial charge in [0.25, 0.3) is 0 Å². The molecule has 0 aliphatic heterocycles. The summed E-state index contributed by atoms with van der Waals surface area (Å²) < 4.78 is 10.0. The number of phenolic OH excluding ortho intramolecular Hbond substituents is 1. The van der Waals surface area contributed by atoms with Crippen molar-refractivity contribution in [3.8, 4) is 11.5 Å². The summed E-state index contributed by atoms with van der Waals surface area (Å²) >= 11 is 0. The highest BCUT2D eigenvalue weighted by atomic mass is 16.5. The molecule has 2 aromatic rings. The van der Waals surface area contributed by atoms with Crippen LogP contribution in [0, 0.1) is 0 Å². The van der Waals surface area contributed by atoms with Gasteiger partial charge < -0.3 is 14.6 Å². The lowest BCUT2D eigenvalue weighted by atomic mass is 9.91. The molecule has 1 N–H and O–H groups in total. The molecule has 1 atom stereocenters. The number of carbonyl (C=O) groups excluding carboxylic acids is 2. The zero-order chi connectivity index (χ0) is 16.8. The van der Waals surface area contributed by atoms with Crippen LogP contribution in [0.5, 0.6) is 11.5 Å². The quantitative estimate of drug-likeness (QED) is 0.655. The fourth-order valence-corrected chi connectivity index (χ4v) is 2.24. The Kier molecular flexibility index (Phi) is 5.36. The Morgan fingerprint density at radius 3 is 2.39 bits per heavy atom. The second-order valence-electron chi connectivity index (χ2n) is 5.01. The molecule has 0 amide bonds. The lowest BCUT2D eigenvalue weighted by Crippen LogP contribution is -2.20. The van der Waals surface area contributed by atoms with Crippen LogP contribution in [-0.2, 0) is 9.53 Å². The maximum atomic E-state index is 12.8. The van der Waals surface area contributed by atoms with E-state index in [2.05, 4.69) is 0 Å².